The quantitative estimate of drug-likeness (QED) is 0.480. The van der Waals surface area contributed by atoms with E-state index < -0.39 is 0 Å². The number of aryl methyl sites for hydroxylation is 1. The van der Waals surface area contributed by atoms with E-state index in [0.717, 1.165) is 26.1 Å². The second-order valence-electron chi connectivity index (χ2n) is 7.74. The first-order valence-electron chi connectivity index (χ1n) is 10.4. The summed E-state index contributed by atoms with van der Waals surface area (Å²) in [4.78, 5) is 19.2. The molecule has 0 radical (unpaired) electrons. The number of anilines is 2. The Morgan fingerprint density at radius 1 is 1.30 bits per heavy atom. The fraction of sp³-hybridized carbons (Fsp3) is 0.391. The van der Waals surface area contributed by atoms with Crippen LogP contribution in [-0.2, 0) is 0 Å². The Labute approximate surface area is 177 Å². The molecule has 7 nitrogen and oxygen atoms in total. The molecule has 1 fully saturated rings. The van der Waals surface area contributed by atoms with Crippen molar-refractivity contribution < 1.29 is 4.79 Å². The maximum atomic E-state index is 12.6. The molecule has 2 heterocycles. The summed E-state index contributed by atoms with van der Waals surface area (Å²) in [6.07, 6.45) is 6.80. The van der Waals surface area contributed by atoms with Crippen LogP contribution in [0.25, 0.3) is 0 Å². The lowest BCUT2D eigenvalue weighted by molar-refractivity contribution is 0.102. The number of nitriles is 1. The van der Waals surface area contributed by atoms with E-state index in [-0.39, 0.29) is 11.6 Å². The number of pyridine rings is 1. The fourth-order valence-electron chi connectivity index (χ4n) is 3.76. The van der Waals surface area contributed by atoms with E-state index in [0.29, 0.717) is 40.2 Å². The summed E-state index contributed by atoms with van der Waals surface area (Å²) in [7, 11) is 0. The summed E-state index contributed by atoms with van der Waals surface area (Å²) in [5.74, 6) is -0.357. The Morgan fingerprint density at radius 2 is 2.07 bits per heavy atom. The molecule has 1 saturated heterocycles. The molecule has 1 aromatic heterocycles. The van der Waals surface area contributed by atoms with Crippen LogP contribution in [0, 0.1) is 23.7 Å². The molecule has 7 heteroatoms. The third-order valence-electron chi connectivity index (χ3n) is 5.41. The molecule has 1 aromatic carbocycles. The largest absolute Gasteiger partial charge is 0.398 e. The van der Waals surface area contributed by atoms with Crippen molar-refractivity contribution >= 4 is 23.0 Å². The third kappa shape index (κ3) is 5.43. The Kier molecular flexibility index (Phi) is 7.15. The van der Waals surface area contributed by atoms with Crippen molar-refractivity contribution in [1.82, 2.24) is 9.88 Å². The number of likely N-dealkylation sites (tertiary alicyclic amines) is 1. The van der Waals surface area contributed by atoms with E-state index in [1.165, 1.54) is 25.5 Å². The highest BCUT2D eigenvalue weighted by atomic mass is 16.1. The Hall–Kier alpha value is -3.24. The maximum Gasteiger partial charge on any atom is 0.274 e. The second kappa shape index (κ2) is 9.99. The monoisotopic (exact) mass is 404 g/mol. The number of nitrogen functional groups attached to an aromatic ring is 1. The van der Waals surface area contributed by atoms with Crippen molar-refractivity contribution in [2.75, 3.05) is 30.7 Å². The maximum absolute atomic E-state index is 12.6. The molecule has 0 unspecified atom stereocenters. The molecule has 0 aliphatic carbocycles. The van der Waals surface area contributed by atoms with Crippen LogP contribution in [0.3, 0.4) is 0 Å². The van der Waals surface area contributed by atoms with Crippen molar-refractivity contribution in [2.45, 2.75) is 39.0 Å². The minimum Gasteiger partial charge on any atom is -0.398 e. The van der Waals surface area contributed by atoms with Crippen LogP contribution < -0.4 is 11.1 Å². The van der Waals surface area contributed by atoms with E-state index in [9.17, 15) is 4.79 Å². The molecular weight excluding hydrogens is 376 g/mol. The van der Waals surface area contributed by atoms with Crippen molar-refractivity contribution in [3.8, 4) is 6.07 Å². The molecule has 30 heavy (non-hydrogen) atoms. The summed E-state index contributed by atoms with van der Waals surface area (Å²) in [6.45, 7) is 5.05. The molecule has 3 rings (SSSR count). The highest BCUT2D eigenvalue weighted by molar-refractivity contribution is 6.07. The number of hydrogen-bond donors (Lipinski definition) is 3. The molecular formula is C23H28N6O. The average Bonchev–Trinajstić information content (AvgIpc) is 2.75. The number of piperidine rings is 1. The van der Waals surface area contributed by atoms with Gasteiger partial charge < -0.3 is 21.4 Å². The lowest BCUT2D eigenvalue weighted by Crippen LogP contribution is -2.30. The van der Waals surface area contributed by atoms with Gasteiger partial charge in [-0.1, -0.05) is 6.42 Å². The molecule has 0 saturated carbocycles. The predicted molar refractivity (Wildman–Crippen MR) is 119 cm³/mol. The molecule has 0 bridgehead atoms. The van der Waals surface area contributed by atoms with Crippen LogP contribution in [0.2, 0.25) is 0 Å². The average molecular weight is 405 g/mol. The van der Waals surface area contributed by atoms with Crippen LogP contribution >= 0.6 is 0 Å². The molecule has 4 N–H and O–H groups in total. The number of hydrogen-bond acceptors (Lipinski definition) is 6. The number of carbonyl (C=O) groups excluding carboxylic acids is 1. The smallest absolute Gasteiger partial charge is 0.274 e. The highest BCUT2D eigenvalue weighted by Gasteiger charge is 2.15. The van der Waals surface area contributed by atoms with Crippen LogP contribution in [0.15, 0.2) is 30.5 Å². The van der Waals surface area contributed by atoms with E-state index in [1.807, 2.05) is 6.07 Å². The van der Waals surface area contributed by atoms with E-state index in [2.05, 4.69) is 15.2 Å². The van der Waals surface area contributed by atoms with Gasteiger partial charge in [0.2, 0.25) is 0 Å². The number of aromatic nitrogens is 1. The zero-order chi connectivity index (χ0) is 21.5. The molecule has 1 aliphatic heterocycles. The Bertz CT molecular complexity index is 972. The predicted octanol–water partition coefficient (Wildman–Crippen LogP) is 3.73. The standard InChI is InChI=1S/C23H28N6O/c1-16-12-17(14-24)15-27-22(16)23(30)28-18-7-8-21(26)19(13-18)20(25)6-5-11-29-9-3-2-4-10-29/h7-8,12-13,15,25H,2-6,9-11,26H2,1H3,(H,28,30). The third-order valence-corrected chi connectivity index (χ3v) is 5.41. The van der Waals surface area contributed by atoms with Crippen LogP contribution in [0.1, 0.15) is 59.3 Å². The topological polar surface area (TPSA) is 119 Å². The van der Waals surface area contributed by atoms with Gasteiger partial charge in [-0.15, -0.1) is 0 Å². The lowest BCUT2D eigenvalue weighted by atomic mass is 10.0. The van der Waals surface area contributed by atoms with Gasteiger partial charge in [-0.25, -0.2) is 4.98 Å². The van der Waals surface area contributed by atoms with Crippen LogP contribution in [0.5, 0.6) is 0 Å². The SMILES string of the molecule is Cc1cc(C#N)cnc1C(=O)Nc1ccc(N)c(C(=N)CCCN2CCCCC2)c1. The van der Waals surface area contributed by atoms with Gasteiger partial charge in [0.15, 0.2) is 0 Å². The number of nitrogens with two attached hydrogens (primary N) is 1. The van der Waals surface area contributed by atoms with E-state index in [4.69, 9.17) is 16.4 Å². The number of amides is 1. The van der Waals surface area contributed by atoms with Gasteiger partial charge in [0.05, 0.1) is 5.56 Å². The number of rotatable bonds is 7. The molecule has 0 spiro atoms. The first kappa shape index (κ1) is 21.5. The Balaban J connectivity index is 1.63. The molecule has 1 aliphatic rings. The van der Waals surface area contributed by atoms with Crippen molar-refractivity contribution in [2.24, 2.45) is 0 Å². The van der Waals surface area contributed by atoms with Gasteiger partial charge in [-0.3, -0.25) is 4.79 Å². The van der Waals surface area contributed by atoms with Crippen molar-refractivity contribution in [3.05, 3.63) is 52.8 Å². The zero-order valence-corrected chi connectivity index (χ0v) is 17.4. The number of nitrogens with one attached hydrogen (secondary N) is 2. The van der Waals surface area contributed by atoms with Crippen LogP contribution in [-0.4, -0.2) is 41.1 Å². The summed E-state index contributed by atoms with van der Waals surface area (Å²) in [5.41, 5.74) is 9.63. The minimum absolute atomic E-state index is 0.268. The second-order valence-corrected chi connectivity index (χ2v) is 7.74. The van der Waals surface area contributed by atoms with Gasteiger partial charge in [0.1, 0.15) is 11.8 Å². The Morgan fingerprint density at radius 3 is 2.77 bits per heavy atom. The van der Waals surface area contributed by atoms with Gasteiger partial charge in [-0.2, -0.15) is 5.26 Å². The summed E-state index contributed by atoms with van der Waals surface area (Å²) in [6, 6.07) is 8.82. The van der Waals surface area contributed by atoms with E-state index >= 15 is 0 Å². The van der Waals surface area contributed by atoms with Gasteiger partial charge in [0, 0.05) is 28.8 Å². The molecule has 1 amide bonds. The number of nitrogens with zero attached hydrogens (tertiary/aromatic N) is 3. The normalized spacial score (nSPS) is 14.1. The van der Waals surface area contributed by atoms with Gasteiger partial charge >= 0.3 is 0 Å². The first-order chi connectivity index (χ1) is 14.5. The molecule has 2 aromatic rings. The van der Waals surface area contributed by atoms with Gasteiger partial charge in [0.25, 0.3) is 5.91 Å². The highest BCUT2D eigenvalue weighted by Crippen LogP contribution is 2.21. The summed E-state index contributed by atoms with van der Waals surface area (Å²) < 4.78 is 0. The first-order valence-corrected chi connectivity index (χ1v) is 10.4. The summed E-state index contributed by atoms with van der Waals surface area (Å²) in [5, 5.41) is 20.2. The minimum atomic E-state index is -0.357. The fourth-order valence-corrected chi connectivity index (χ4v) is 3.76. The van der Waals surface area contributed by atoms with Crippen molar-refractivity contribution in [3.63, 3.8) is 0 Å². The van der Waals surface area contributed by atoms with Crippen LogP contribution in [0.4, 0.5) is 11.4 Å². The summed E-state index contributed by atoms with van der Waals surface area (Å²) >= 11 is 0. The van der Waals surface area contributed by atoms with Crippen molar-refractivity contribution in [1.29, 1.82) is 10.7 Å². The number of carbonyl (C=O) groups is 1. The van der Waals surface area contributed by atoms with Gasteiger partial charge in [-0.05, 0) is 82.1 Å². The lowest BCUT2D eigenvalue weighted by Gasteiger charge is -2.26. The molecule has 156 valence electrons. The van der Waals surface area contributed by atoms with E-state index in [1.54, 1.807) is 31.2 Å². The number of benzene rings is 1. The molecule has 0 atom stereocenters. The zero-order valence-electron chi connectivity index (χ0n) is 17.4.